The molecule has 0 saturated heterocycles. The van der Waals surface area contributed by atoms with Crippen molar-refractivity contribution in [3.8, 4) is 0 Å². The van der Waals surface area contributed by atoms with Gasteiger partial charge in [0.1, 0.15) is 0 Å². The summed E-state index contributed by atoms with van der Waals surface area (Å²) in [6, 6.07) is 0. The molecule has 94 valence electrons. The van der Waals surface area contributed by atoms with Crippen molar-refractivity contribution in [1.29, 1.82) is 0 Å². The standard InChI is InChI=1S/C15H28O/c1-12(2)13-7-6-10-15(11-13)16-14-8-4-3-5-9-14/h12-15H,3-11H2,1-2H3. The van der Waals surface area contributed by atoms with Crippen molar-refractivity contribution in [3.05, 3.63) is 0 Å². The van der Waals surface area contributed by atoms with Crippen molar-refractivity contribution in [2.24, 2.45) is 11.8 Å². The summed E-state index contributed by atoms with van der Waals surface area (Å²) in [6.07, 6.45) is 13.5. The molecule has 0 amide bonds. The number of hydrogen-bond acceptors (Lipinski definition) is 1. The Morgan fingerprint density at radius 2 is 1.50 bits per heavy atom. The maximum absolute atomic E-state index is 6.31. The predicted octanol–water partition coefficient (Wildman–Crippen LogP) is 4.55. The molecule has 0 heterocycles. The van der Waals surface area contributed by atoms with Gasteiger partial charge in [0, 0.05) is 0 Å². The van der Waals surface area contributed by atoms with Crippen LogP contribution < -0.4 is 0 Å². The van der Waals surface area contributed by atoms with Crippen molar-refractivity contribution in [2.45, 2.75) is 83.8 Å². The Labute approximate surface area is 101 Å². The Morgan fingerprint density at radius 3 is 2.19 bits per heavy atom. The Bertz CT molecular complexity index is 194. The quantitative estimate of drug-likeness (QED) is 0.683. The van der Waals surface area contributed by atoms with Crippen LogP contribution in [0.15, 0.2) is 0 Å². The van der Waals surface area contributed by atoms with Gasteiger partial charge in [0.25, 0.3) is 0 Å². The molecule has 1 nitrogen and oxygen atoms in total. The summed E-state index contributed by atoms with van der Waals surface area (Å²) >= 11 is 0. The van der Waals surface area contributed by atoms with E-state index in [-0.39, 0.29) is 0 Å². The molecule has 2 atom stereocenters. The average molecular weight is 224 g/mol. The van der Waals surface area contributed by atoms with Crippen LogP contribution in [0.5, 0.6) is 0 Å². The summed E-state index contributed by atoms with van der Waals surface area (Å²) in [5, 5.41) is 0. The van der Waals surface area contributed by atoms with Crippen LogP contribution in [0.3, 0.4) is 0 Å². The molecule has 0 aromatic carbocycles. The molecule has 2 unspecified atom stereocenters. The minimum atomic E-state index is 0.587. The molecule has 0 aromatic rings. The van der Waals surface area contributed by atoms with Gasteiger partial charge in [-0.25, -0.2) is 0 Å². The molecule has 0 aromatic heterocycles. The normalized spacial score (nSPS) is 33.2. The first-order chi connectivity index (χ1) is 7.75. The third kappa shape index (κ3) is 3.48. The summed E-state index contributed by atoms with van der Waals surface area (Å²) in [7, 11) is 0. The van der Waals surface area contributed by atoms with Gasteiger partial charge in [-0.3, -0.25) is 0 Å². The number of hydrogen-bond donors (Lipinski definition) is 0. The molecule has 0 spiro atoms. The summed E-state index contributed by atoms with van der Waals surface area (Å²) in [5.41, 5.74) is 0. The second kappa shape index (κ2) is 6.05. The highest BCUT2D eigenvalue weighted by Crippen LogP contribution is 2.33. The molecule has 2 fully saturated rings. The summed E-state index contributed by atoms with van der Waals surface area (Å²) in [4.78, 5) is 0. The van der Waals surface area contributed by atoms with E-state index in [0.29, 0.717) is 12.2 Å². The van der Waals surface area contributed by atoms with E-state index in [0.717, 1.165) is 11.8 Å². The van der Waals surface area contributed by atoms with Gasteiger partial charge in [0.05, 0.1) is 12.2 Å². The van der Waals surface area contributed by atoms with Gasteiger partial charge < -0.3 is 4.74 Å². The lowest BCUT2D eigenvalue weighted by Crippen LogP contribution is -2.30. The third-order valence-electron chi connectivity index (χ3n) is 4.55. The van der Waals surface area contributed by atoms with Crippen LogP contribution in [-0.4, -0.2) is 12.2 Å². The molecule has 2 aliphatic carbocycles. The topological polar surface area (TPSA) is 9.23 Å². The van der Waals surface area contributed by atoms with Crippen LogP contribution in [0.2, 0.25) is 0 Å². The highest BCUT2D eigenvalue weighted by atomic mass is 16.5. The lowest BCUT2D eigenvalue weighted by Gasteiger charge is -2.35. The minimum absolute atomic E-state index is 0.587. The van der Waals surface area contributed by atoms with Gasteiger partial charge in [-0.2, -0.15) is 0 Å². The van der Waals surface area contributed by atoms with E-state index in [4.69, 9.17) is 4.74 Å². The summed E-state index contributed by atoms with van der Waals surface area (Å²) < 4.78 is 6.31. The first-order valence-electron chi connectivity index (χ1n) is 7.41. The minimum Gasteiger partial charge on any atom is -0.375 e. The Kier molecular flexibility index (Phi) is 4.69. The SMILES string of the molecule is CC(C)C1CCCC(OC2CCCCC2)C1. The number of rotatable bonds is 3. The zero-order valence-electron chi connectivity index (χ0n) is 11.1. The maximum Gasteiger partial charge on any atom is 0.0581 e. The van der Waals surface area contributed by atoms with E-state index in [1.54, 1.807) is 0 Å². The van der Waals surface area contributed by atoms with Crippen LogP contribution in [0, 0.1) is 11.8 Å². The second-order valence-corrected chi connectivity index (χ2v) is 6.19. The fourth-order valence-corrected chi connectivity index (χ4v) is 3.38. The molecule has 0 radical (unpaired) electrons. The summed E-state index contributed by atoms with van der Waals surface area (Å²) in [6.45, 7) is 4.74. The van der Waals surface area contributed by atoms with Gasteiger partial charge in [-0.15, -0.1) is 0 Å². The molecule has 2 saturated carbocycles. The molecule has 0 bridgehead atoms. The molecule has 2 rings (SSSR count). The average Bonchev–Trinajstić information content (AvgIpc) is 2.30. The zero-order chi connectivity index (χ0) is 11.4. The molecule has 0 aliphatic heterocycles. The Balaban J connectivity index is 1.75. The lowest BCUT2D eigenvalue weighted by molar-refractivity contribution is -0.0581. The Hall–Kier alpha value is -0.0400. The van der Waals surface area contributed by atoms with E-state index >= 15 is 0 Å². The van der Waals surface area contributed by atoms with E-state index in [9.17, 15) is 0 Å². The molecule has 2 aliphatic rings. The summed E-state index contributed by atoms with van der Waals surface area (Å²) in [5.74, 6) is 1.76. The van der Waals surface area contributed by atoms with Gasteiger partial charge in [0.2, 0.25) is 0 Å². The third-order valence-corrected chi connectivity index (χ3v) is 4.55. The van der Waals surface area contributed by atoms with Crippen LogP contribution in [0.4, 0.5) is 0 Å². The van der Waals surface area contributed by atoms with Gasteiger partial charge in [-0.1, -0.05) is 46.0 Å². The van der Waals surface area contributed by atoms with Crippen LogP contribution in [-0.2, 0) is 4.74 Å². The van der Waals surface area contributed by atoms with E-state index in [2.05, 4.69) is 13.8 Å². The molecular formula is C15H28O. The maximum atomic E-state index is 6.31. The zero-order valence-corrected chi connectivity index (χ0v) is 11.1. The second-order valence-electron chi connectivity index (χ2n) is 6.19. The van der Waals surface area contributed by atoms with Crippen LogP contribution in [0.25, 0.3) is 0 Å². The smallest absolute Gasteiger partial charge is 0.0581 e. The van der Waals surface area contributed by atoms with Crippen molar-refractivity contribution >= 4 is 0 Å². The molecule has 16 heavy (non-hydrogen) atoms. The van der Waals surface area contributed by atoms with Gasteiger partial charge >= 0.3 is 0 Å². The van der Waals surface area contributed by atoms with Crippen molar-refractivity contribution in [1.82, 2.24) is 0 Å². The highest BCUT2D eigenvalue weighted by molar-refractivity contribution is 4.77. The van der Waals surface area contributed by atoms with Gasteiger partial charge in [-0.05, 0) is 37.5 Å². The van der Waals surface area contributed by atoms with E-state index in [1.165, 1.54) is 57.8 Å². The van der Waals surface area contributed by atoms with Crippen LogP contribution in [0.1, 0.15) is 71.6 Å². The lowest BCUT2D eigenvalue weighted by atomic mass is 9.80. The molecular weight excluding hydrogens is 196 g/mol. The fraction of sp³-hybridized carbons (Fsp3) is 1.00. The van der Waals surface area contributed by atoms with Crippen LogP contribution >= 0.6 is 0 Å². The monoisotopic (exact) mass is 224 g/mol. The molecule has 0 N–H and O–H groups in total. The van der Waals surface area contributed by atoms with Gasteiger partial charge in [0.15, 0.2) is 0 Å². The highest BCUT2D eigenvalue weighted by Gasteiger charge is 2.27. The van der Waals surface area contributed by atoms with Crippen molar-refractivity contribution < 1.29 is 4.74 Å². The molecule has 1 heteroatoms. The van der Waals surface area contributed by atoms with Crippen molar-refractivity contribution in [2.75, 3.05) is 0 Å². The van der Waals surface area contributed by atoms with Crippen molar-refractivity contribution in [3.63, 3.8) is 0 Å². The van der Waals surface area contributed by atoms with E-state index < -0.39 is 0 Å². The first-order valence-corrected chi connectivity index (χ1v) is 7.41. The first kappa shape index (κ1) is 12.4. The number of ether oxygens (including phenoxy) is 1. The van der Waals surface area contributed by atoms with E-state index in [1.807, 2.05) is 0 Å². The Morgan fingerprint density at radius 1 is 0.812 bits per heavy atom. The fourth-order valence-electron chi connectivity index (χ4n) is 3.38. The predicted molar refractivity (Wildman–Crippen MR) is 68.5 cm³/mol. The largest absolute Gasteiger partial charge is 0.375 e.